The van der Waals surface area contributed by atoms with E-state index in [0.717, 1.165) is 12.8 Å². The van der Waals surface area contributed by atoms with Gasteiger partial charge in [-0.1, -0.05) is 12.2 Å². The van der Waals surface area contributed by atoms with Gasteiger partial charge in [-0.05, 0) is 25.7 Å². The van der Waals surface area contributed by atoms with Gasteiger partial charge in [-0.15, -0.1) is 0 Å². The molecule has 1 amide bonds. The highest BCUT2D eigenvalue weighted by atomic mass is 16.4. The molecule has 0 saturated heterocycles. The zero-order chi connectivity index (χ0) is 11.7. The number of carboxylic acids is 1. The monoisotopic (exact) mass is 223 g/mol. The Bertz CT molecular complexity index is 333. The molecule has 0 aromatic heterocycles. The molecule has 4 nitrogen and oxygen atoms in total. The van der Waals surface area contributed by atoms with Crippen LogP contribution in [0.2, 0.25) is 0 Å². The van der Waals surface area contributed by atoms with Crippen LogP contribution in [-0.4, -0.2) is 35.0 Å². The van der Waals surface area contributed by atoms with Gasteiger partial charge >= 0.3 is 5.97 Å². The maximum atomic E-state index is 12.1. The maximum Gasteiger partial charge on any atom is 0.307 e. The van der Waals surface area contributed by atoms with Gasteiger partial charge in [-0.3, -0.25) is 9.59 Å². The van der Waals surface area contributed by atoms with Gasteiger partial charge in [0.25, 0.3) is 0 Å². The molecule has 0 spiro atoms. The molecule has 2 aliphatic rings. The molecule has 2 unspecified atom stereocenters. The van der Waals surface area contributed by atoms with Crippen molar-refractivity contribution in [2.75, 3.05) is 7.05 Å². The van der Waals surface area contributed by atoms with Crippen LogP contribution >= 0.6 is 0 Å². The zero-order valence-corrected chi connectivity index (χ0v) is 9.43. The number of nitrogens with zero attached hydrogens (tertiary/aromatic N) is 1. The SMILES string of the molecule is CN(C(=O)C1CC=CCC1C(=O)O)C1CC1. The summed E-state index contributed by atoms with van der Waals surface area (Å²) in [6, 6.07) is 0.354. The first-order chi connectivity index (χ1) is 7.61. The fourth-order valence-electron chi connectivity index (χ4n) is 2.26. The number of rotatable bonds is 3. The molecular formula is C12H17NO3. The topological polar surface area (TPSA) is 57.6 Å². The second-order valence-electron chi connectivity index (χ2n) is 4.67. The quantitative estimate of drug-likeness (QED) is 0.733. The van der Waals surface area contributed by atoms with Gasteiger partial charge in [0.05, 0.1) is 11.8 Å². The second kappa shape index (κ2) is 4.28. The fraction of sp³-hybridized carbons (Fsp3) is 0.667. The summed E-state index contributed by atoms with van der Waals surface area (Å²) in [6.07, 6.45) is 6.94. The van der Waals surface area contributed by atoms with Gasteiger partial charge in [0.2, 0.25) is 5.91 Å². The third-order valence-electron chi connectivity index (χ3n) is 3.51. The summed E-state index contributed by atoms with van der Waals surface area (Å²) >= 11 is 0. The Kier molecular flexibility index (Phi) is 2.99. The molecule has 2 rings (SSSR count). The Balaban J connectivity index is 2.07. The van der Waals surface area contributed by atoms with Crippen molar-refractivity contribution in [3.8, 4) is 0 Å². The predicted molar refractivity (Wildman–Crippen MR) is 58.8 cm³/mol. The molecule has 1 N–H and O–H groups in total. The minimum absolute atomic E-state index is 0.000694. The van der Waals surface area contributed by atoms with Gasteiger partial charge in [-0.25, -0.2) is 0 Å². The van der Waals surface area contributed by atoms with Crippen molar-refractivity contribution in [1.82, 2.24) is 4.90 Å². The van der Waals surface area contributed by atoms with Crippen LogP contribution in [0.1, 0.15) is 25.7 Å². The van der Waals surface area contributed by atoms with Crippen LogP contribution in [0.4, 0.5) is 0 Å². The molecule has 0 bridgehead atoms. The van der Waals surface area contributed by atoms with Crippen molar-refractivity contribution in [2.24, 2.45) is 11.8 Å². The zero-order valence-electron chi connectivity index (χ0n) is 9.43. The van der Waals surface area contributed by atoms with E-state index in [1.54, 1.807) is 11.9 Å². The molecule has 0 aliphatic heterocycles. The number of allylic oxidation sites excluding steroid dienone is 2. The molecule has 2 aliphatic carbocycles. The van der Waals surface area contributed by atoms with E-state index in [4.69, 9.17) is 5.11 Å². The summed E-state index contributed by atoms with van der Waals surface area (Å²) in [5.74, 6) is -1.77. The van der Waals surface area contributed by atoms with Crippen molar-refractivity contribution in [1.29, 1.82) is 0 Å². The van der Waals surface area contributed by atoms with E-state index >= 15 is 0 Å². The second-order valence-corrected chi connectivity index (χ2v) is 4.67. The lowest BCUT2D eigenvalue weighted by Gasteiger charge is -2.28. The van der Waals surface area contributed by atoms with Crippen LogP contribution < -0.4 is 0 Å². The summed E-state index contributed by atoms with van der Waals surface area (Å²) in [5.41, 5.74) is 0. The average Bonchev–Trinajstić information content (AvgIpc) is 3.11. The summed E-state index contributed by atoms with van der Waals surface area (Å²) in [5, 5.41) is 9.09. The predicted octanol–water partition coefficient (Wildman–Crippen LogP) is 1.27. The van der Waals surface area contributed by atoms with E-state index in [-0.39, 0.29) is 11.8 Å². The lowest BCUT2D eigenvalue weighted by molar-refractivity contribution is -0.150. The van der Waals surface area contributed by atoms with Crippen LogP contribution in [-0.2, 0) is 9.59 Å². The van der Waals surface area contributed by atoms with Gasteiger partial charge < -0.3 is 10.0 Å². The molecule has 0 heterocycles. The van der Waals surface area contributed by atoms with E-state index in [2.05, 4.69) is 0 Å². The Hall–Kier alpha value is -1.32. The highest BCUT2D eigenvalue weighted by Crippen LogP contribution is 2.32. The molecule has 1 saturated carbocycles. The molecular weight excluding hydrogens is 206 g/mol. The van der Waals surface area contributed by atoms with Gasteiger partial charge in [-0.2, -0.15) is 0 Å². The number of amides is 1. The fourth-order valence-corrected chi connectivity index (χ4v) is 2.26. The van der Waals surface area contributed by atoms with E-state index in [1.165, 1.54) is 0 Å². The smallest absolute Gasteiger partial charge is 0.307 e. The van der Waals surface area contributed by atoms with Crippen LogP contribution in [0.25, 0.3) is 0 Å². The summed E-state index contributed by atoms with van der Waals surface area (Å²) in [7, 11) is 1.79. The third-order valence-corrected chi connectivity index (χ3v) is 3.51. The summed E-state index contributed by atoms with van der Waals surface area (Å²) in [6.45, 7) is 0. The standard InChI is InChI=1S/C12H17NO3/c1-13(8-6-7-8)11(14)9-4-2-3-5-10(9)12(15)16/h2-3,8-10H,4-7H2,1H3,(H,15,16). The van der Waals surface area contributed by atoms with E-state index in [1.807, 2.05) is 12.2 Å². The Labute approximate surface area is 94.9 Å². The summed E-state index contributed by atoms with van der Waals surface area (Å²) < 4.78 is 0. The molecule has 0 aromatic carbocycles. The van der Waals surface area contributed by atoms with E-state index < -0.39 is 11.9 Å². The number of hydrogen-bond donors (Lipinski definition) is 1. The molecule has 16 heavy (non-hydrogen) atoms. The molecule has 4 heteroatoms. The van der Waals surface area contributed by atoms with E-state index in [0.29, 0.717) is 18.9 Å². The Morgan fingerprint density at radius 2 is 1.75 bits per heavy atom. The lowest BCUT2D eigenvalue weighted by Crippen LogP contribution is -2.40. The van der Waals surface area contributed by atoms with Crippen molar-refractivity contribution >= 4 is 11.9 Å². The molecule has 0 radical (unpaired) electrons. The van der Waals surface area contributed by atoms with Crippen LogP contribution in [0.5, 0.6) is 0 Å². The average molecular weight is 223 g/mol. The highest BCUT2D eigenvalue weighted by Gasteiger charge is 2.39. The molecule has 88 valence electrons. The Morgan fingerprint density at radius 1 is 1.19 bits per heavy atom. The normalized spacial score (nSPS) is 28.8. The molecule has 2 atom stereocenters. The lowest BCUT2D eigenvalue weighted by atomic mass is 9.82. The maximum absolute atomic E-state index is 12.1. The van der Waals surface area contributed by atoms with Gasteiger partial charge in [0, 0.05) is 13.1 Å². The van der Waals surface area contributed by atoms with Gasteiger partial charge in [0.1, 0.15) is 0 Å². The third kappa shape index (κ3) is 2.10. The van der Waals surface area contributed by atoms with Crippen LogP contribution in [0.15, 0.2) is 12.2 Å². The van der Waals surface area contributed by atoms with Crippen molar-refractivity contribution < 1.29 is 14.7 Å². The molecule has 1 fully saturated rings. The van der Waals surface area contributed by atoms with Crippen molar-refractivity contribution in [2.45, 2.75) is 31.7 Å². The first-order valence-electron chi connectivity index (χ1n) is 5.75. The highest BCUT2D eigenvalue weighted by molar-refractivity contribution is 5.85. The van der Waals surface area contributed by atoms with E-state index in [9.17, 15) is 9.59 Å². The minimum Gasteiger partial charge on any atom is -0.481 e. The number of carboxylic acid groups (broad SMARTS) is 1. The largest absolute Gasteiger partial charge is 0.481 e. The number of aliphatic carboxylic acids is 1. The number of carbonyl (C=O) groups is 2. The van der Waals surface area contributed by atoms with Crippen molar-refractivity contribution in [3.63, 3.8) is 0 Å². The van der Waals surface area contributed by atoms with Crippen LogP contribution in [0.3, 0.4) is 0 Å². The first kappa shape index (κ1) is 11.2. The molecule has 0 aromatic rings. The van der Waals surface area contributed by atoms with Gasteiger partial charge in [0.15, 0.2) is 0 Å². The minimum atomic E-state index is -0.855. The summed E-state index contributed by atoms with van der Waals surface area (Å²) in [4.78, 5) is 24.9. The number of carbonyl (C=O) groups excluding carboxylic acids is 1. The Morgan fingerprint density at radius 3 is 2.25 bits per heavy atom. The number of hydrogen-bond acceptors (Lipinski definition) is 2. The first-order valence-corrected chi connectivity index (χ1v) is 5.75. The van der Waals surface area contributed by atoms with Crippen molar-refractivity contribution in [3.05, 3.63) is 12.2 Å². The van der Waals surface area contributed by atoms with Crippen LogP contribution in [0, 0.1) is 11.8 Å².